The average Bonchev–Trinajstić information content (AvgIpc) is 2.13. The van der Waals surface area contributed by atoms with Crippen LogP contribution in [0.3, 0.4) is 0 Å². The minimum atomic E-state index is 0. The molecule has 0 saturated carbocycles. The van der Waals surface area contributed by atoms with Gasteiger partial charge in [0, 0.05) is 0 Å². The minimum absolute atomic E-state index is 0. The first kappa shape index (κ1) is 36.6. The largest absolute Gasteiger partial charge is 2.00 e. The number of halogens is 2. The maximum Gasteiger partial charge on any atom is 2.00 e. The quantitative estimate of drug-likeness (QED) is 0.266. The fourth-order valence-electron chi connectivity index (χ4n) is 0.956. The van der Waals surface area contributed by atoms with E-state index >= 15 is 0 Å². The van der Waals surface area contributed by atoms with Crippen LogP contribution in [0.1, 0.15) is 52.4 Å². The monoisotopic (exact) mass is 446 g/mol. The molecule has 0 aromatic rings. The number of unbranched alkanes of at least 4 members (excludes halogenated alkanes) is 3. The molecule has 0 N–H and O–H groups in total. The average molecular weight is 449 g/mol. The number of hydrogen-bond acceptors (Lipinski definition) is 1. The standard InChI is InChI=1S/C10H19.C2H6S.2BrH.Cu.Mg/c1-4-6-7-8-9-10(3)5-2;1-3-2;;;;/h3H,4-9H2,1-2H3;1-2H3;2*1H;;/q-1;;;;+1;+2/p-2. The summed E-state index contributed by atoms with van der Waals surface area (Å²) in [6, 6.07) is 0. The predicted molar refractivity (Wildman–Crippen MR) is 72.1 cm³/mol. The van der Waals surface area contributed by atoms with E-state index in [1.54, 1.807) is 11.8 Å². The van der Waals surface area contributed by atoms with Gasteiger partial charge in [0.2, 0.25) is 0 Å². The Morgan fingerprint density at radius 2 is 1.41 bits per heavy atom. The van der Waals surface area contributed by atoms with Gasteiger partial charge in [-0.05, 0) is 12.5 Å². The van der Waals surface area contributed by atoms with Gasteiger partial charge in [-0.25, -0.2) is 0 Å². The maximum absolute atomic E-state index is 5.67. The van der Waals surface area contributed by atoms with Gasteiger partial charge >= 0.3 is 40.1 Å². The van der Waals surface area contributed by atoms with Crippen molar-refractivity contribution in [2.45, 2.75) is 52.4 Å². The maximum atomic E-state index is 5.67. The van der Waals surface area contributed by atoms with Gasteiger partial charge < -0.3 is 40.5 Å². The summed E-state index contributed by atoms with van der Waals surface area (Å²) in [6.45, 7) is 10.0. The smallest absolute Gasteiger partial charge is 1.00 e. The molecule has 0 atom stereocenters. The summed E-state index contributed by atoms with van der Waals surface area (Å²) in [6.07, 6.45) is 11.6. The van der Waals surface area contributed by atoms with Gasteiger partial charge in [0.25, 0.3) is 0 Å². The second-order valence-electron chi connectivity index (χ2n) is 3.23. The Labute approximate surface area is 161 Å². The van der Waals surface area contributed by atoms with E-state index in [1.165, 1.54) is 25.7 Å². The molecule has 0 bridgehead atoms. The van der Waals surface area contributed by atoms with Crippen LogP contribution in [0.4, 0.5) is 0 Å². The number of thioether (sulfide) groups is 1. The van der Waals surface area contributed by atoms with Crippen molar-refractivity contribution in [1.29, 1.82) is 0 Å². The zero-order valence-corrected chi connectivity index (χ0v) is 17.8. The first-order chi connectivity index (χ1) is 6.22. The first-order valence-corrected chi connectivity index (χ1v) is 6.86. The molecule has 0 heterocycles. The summed E-state index contributed by atoms with van der Waals surface area (Å²) < 4.78 is 0. The summed E-state index contributed by atoms with van der Waals surface area (Å²) in [5.74, 6) is 0. The van der Waals surface area contributed by atoms with Gasteiger partial charge in [-0.1, -0.05) is 52.4 Å². The van der Waals surface area contributed by atoms with Crippen LogP contribution in [0.5, 0.6) is 0 Å². The number of allylic oxidation sites excluding steroid dienone is 1. The Balaban J connectivity index is -0.0000000393. The van der Waals surface area contributed by atoms with Crippen molar-refractivity contribution in [3.63, 3.8) is 0 Å². The molecule has 0 aliphatic carbocycles. The molecule has 0 fully saturated rings. The fraction of sp³-hybridized carbons (Fsp3) is 0.833. The summed E-state index contributed by atoms with van der Waals surface area (Å²) >= 11 is 1.75. The fourth-order valence-corrected chi connectivity index (χ4v) is 0.956. The minimum Gasteiger partial charge on any atom is -1.00 e. The van der Waals surface area contributed by atoms with Crippen LogP contribution < -0.4 is 34.0 Å². The van der Waals surface area contributed by atoms with Gasteiger partial charge in [-0.15, -0.1) is 0 Å². The molecular formula is C12H25Br2CuMgS. The van der Waals surface area contributed by atoms with E-state index in [9.17, 15) is 0 Å². The van der Waals surface area contributed by atoms with Crippen molar-refractivity contribution in [3.8, 4) is 0 Å². The van der Waals surface area contributed by atoms with Gasteiger partial charge in [-0.3, -0.25) is 5.57 Å². The number of hydrogen-bond donors (Lipinski definition) is 0. The van der Waals surface area contributed by atoms with Crippen LogP contribution in [0, 0.1) is 6.58 Å². The van der Waals surface area contributed by atoms with Gasteiger partial charge in [0.1, 0.15) is 0 Å². The van der Waals surface area contributed by atoms with Crippen molar-refractivity contribution >= 4 is 34.8 Å². The van der Waals surface area contributed by atoms with Gasteiger partial charge in [0.15, 0.2) is 0 Å². The molecule has 0 saturated heterocycles. The zero-order chi connectivity index (χ0) is 10.5. The first-order valence-electron chi connectivity index (χ1n) is 5.23. The molecule has 0 aromatic carbocycles. The Hall–Kier alpha value is 2.34. The molecule has 0 aromatic heterocycles. The predicted octanol–water partition coefficient (Wildman–Crippen LogP) is -1.67. The Morgan fingerprint density at radius 1 is 1.00 bits per heavy atom. The second kappa shape index (κ2) is 36.2. The van der Waals surface area contributed by atoms with Crippen molar-refractivity contribution < 1.29 is 51.0 Å². The van der Waals surface area contributed by atoms with Crippen LogP contribution in [-0.2, 0) is 17.1 Å². The molecule has 0 aliphatic heterocycles. The van der Waals surface area contributed by atoms with Gasteiger partial charge in [0.05, 0.1) is 0 Å². The summed E-state index contributed by atoms with van der Waals surface area (Å²) in [7, 11) is 0. The molecular weight excluding hydrogens is 424 g/mol. The summed E-state index contributed by atoms with van der Waals surface area (Å²) in [5, 5.41) is 0. The second-order valence-corrected chi connectivity index (χ2v) is 4.05. The van der Waals surface area contributed by atoms with Crippen LogP contribution in [0.15, 0.2) is 5.57 Å². The van der Waals surface area contributed by atoms with E-state index in [0.717, 1.165) is 18.4 Å². The van der Waals surface area contributed by atoms with Crippen molar-refractivity contribution in [2.24, 2.45) is 0 Å². The van der Waals surface area contributed by atoms with E-state index in [0.29, 0.717) is 0 Å². The molecule has 5 heteroatoms. The molecule has 0 amide bonds. The van der Waals surface area contributed by atoms with Crippen molar-refractivity contribution in [2.75, 3.05) is 12.5 Å². The Kier molecular flexibility index (Phi) is 77.9. The van der Waals surface area contributed by atoms with E-state index in [-0.39, 0.29) is 74.1 Å². The Morgan fingerprint density at radius 3 is 1.71 bits per heavy atom. The van der Waals surface area contributed by atoms with E-state index in [1.807, 2.05) is 12.5 Å². The molecule has 106 valence electrons. The van der Waals surface area contributed by atoms with E-state index < -0.39 is 0 Å². The third-order valence-electron chi connectivity index (χ3n) is 1.81. The normalized spacial score (nSPS) is 6.82. The molecule has 0 radical (unpaired) electrons. The van der Waals surface area contributed by atoms with Crippen molar-refractivity contribution in [1.82, 2.24) is 0 Å². The summed E-state index contributed by atoms with van der Waals surface area (Å²) in [4.78, 5) is 0. The zero-order valence-electron chi connectivity index (χ0n) is 11.5. The number of rotatable bonds is 6. The molecule has 0 rings (SSSR count). The van der Waals surface area contributed by atoms with Crippen molar-refractivity contribution in [3.05, 3.63) is 12.2 Å². The van der Waals surface area contributed by atoms with E-state index in [4.69, 9.17) is 6.58 Å². The topological polar surface area (TPSA) is 0 Å². The SMILES string of the molecule is CSC.[Br-].[Br-].[CH-]=C(CC)CCCCCC.[Cu+].[Mg+2]. The van der Waals surface area contributed by atoms with E-state index in [2.05, 4.69) is 13.8 Å². The Bertz CT molecular complexity index is 117. The third-order valence-corrected chi connectivity index (χ3v) is 1.81. The molecule has 0 spiro atoms. The van der Waals surface area contributed by atoms with Crippen LogP contribution in [-0.4, -0.2) is 35.6 Å². The third kappa shape index (κ3) is 45.8. The molecule has 0 nitrogen and oxygen atoms in total. The van der Waals surface area contributed by atoms with Gasteiger partial charge in [-0.2, -0.15) is 11.8 Å². The van der Waals surface area contributed by atoms with Crippen LogP contribution in [0.2, 0.25) is 0 Å². The summed E-state index contributed by atoms with van der Waals surface area (Å²) in [5.41, 5.74) is 1.16. The molecule has 0 unspecified atom stereocenters. The van der Waals surface area contributed by atoms with Crippen LogP contribution >= 0.6 is 11.8 Å². The molecule has 0 aliphatic rings. The van der Waals surface area contributed by atoms with Crippen LogP contribution in [0.25, 0.3) is 0 Å². The molecule has 17 heavy (non-hydrogen) atoms.